The van der Waals surface area contributed by atoms with Gasteiger partial charge >= 0.3 is 12.1 Å². The van der Waals surface area contributed by atoms with Crippen LogP contribution in [-0.2, 0) is 21.4 Å². The number of piperidine rings is 1. The molecule has 2 bridgehead atoms. The van der Waals surface area contributed by atoms with E-state index in [0.29, 0.717) is 22.2 Å². The standard InChI is InChI=1S/C24H26ClFN4O2S2.C2HF3O2/c1-29(23-17-10-11-18(23)15-30(14-17)13-16-6-3-2-4-7-16)19-12-22(33-24(19)25)34(31,32)28-21-9-5-8-20(26)27-21;3-2(4,5)1(6)7/h2-9,12,17-18,23H,10-11,13-15H2,1H3,(H,27,28);(H,6,7)/t17-,18+,23?;. The van der Waals surface area contributed by atoms with Gasteiger partial charge in [0, 0.05) is 32.7 Å². The molecule has 1 unspecified atom stereocenters. The molecule has 1 saturated carbocycles. The predicted octanol–water partition coefficient (Wildman–Crippen LogP) is 5.72. The number of anilines is 2. The fourth-order valence-electron chi connectivity index (χ4n) is 5.42. The smallest absolute Gasteiger partial charge is 0.475 e. The summed E-state index contributed by atoms with van der Waals surface area (Å²) in [4.78, 5) is 17.2. The number of carboxylic acids is 1. The fraction of sp³-hybridized carbons (Fsp3) is 0.385. The number of pyridine rings is 1. The van der Waals surface area contributed by atoms with Crippen molar-refractivity contribution in [2.75, 3.05) is 29.8 Å². The van der Waals surface area contributed by atoms with E-state index in [1.807, 2.05) is 13.1 Å². The van der Waals surface area contributed by atoms with Crippen molar-refractivity contribution in [2.45, 2.75) is 35.8 Å². The van der Waals surface area contributed by atoms with Crippen LogP contribution >= 0.6 is 22.9 Å². The number of nitrogens with one attached hydrogen (secondary N) is 1. The lowest BCUT2D eigenvalue weighted by atomic mass is 9.90. The zero-order chi connectivity index (χ0) is 29.9. The number of halogens is 5. The molecule has 41 heavy (non-hydrogen) atoms. The SMILES string of the molecule is CN(c1cc(S(=O)(=O)Nc2cccc(F)n2)sc1Cl)C1[C@@H]2CC[C@H]1CN(Cc1ccccc1)C2.O=C(O)C(F)(F)F. The minimum absolute atomic E-state index is 0.0664. The number of rotatable bonds is 7. The number of sulfonamides is 1. The van der Waals surface area contributed by atoms with Crippen molar-refractivity contribution in [3.05, 3.63) is 70.4 Å². The first-order chi connectivity index (χ1) is 19.2. The Labute approximate surface area is 243 Å². The second kappa shape index (κ2) is 12.5. The number of hydrogen-bond acceptors (Lipinski definition) is 7. The van der Waals surface area contributed by atoms with Crippen molar-refractivity contribution in [2.24, 2.45) is 11.8 Å². The quantitative estimate of drug-likeness (QED) is 0.253. The van der Waals surface area contributed by atoms with Gasteiger partial charge in [0.1, 0.15) is 14.4 Å². The Hall–Kier alpha value is -2.94. The van der Waals surface area contributed by atoms with Gasteiger partial charge in [-0.3, -0.25) is 9.62 Å². The van der Waals surface area contributed by atoms with Crippen molar-refractivity contribution in [3.8, 4) is 0 Å². The van der Waals surface area contributed by atoms with Crippen molar-refractivity contribution in [3.63, 3.8) is 0 Å². The molecule has 1 aromatic carbocycles. The predicted molar refractivity (Wildman–Crippen MR) is 148 cm³/mol. The number of alkyl halides is 3. The Bertz CT molecular complexity index is 1460. The lowest BCUT2D eigenvalue weighted by molar-refractivity contribution is -0.192. The zero-order valence-electron chi connectivity index (χ0n) is 21.7. The van der Waals surface area contributed by atoms with E-state index < -0.39 is 28.1 Å². The number of thiophene rings is 1. The minimum atomic E-state index is -5.08. The lowest BCUT2D eigenvalue weighted by Crippen LogP contribution is -2.51. The topological polar surface area (TPSA) is 103 Å². The van der Waals surface area contributed by atoms with Crippen LogP contribution in [0.15, 0.2) is 58.8 Å². The Morgan fingerprint density at radius 1 is 1.15 bits per heavy atom. The molecule has 1 saturated heterocycles. The van der Waals surface area contributed by atoms with E-state index in [1.165, 1.54) is 17.7 Å². The van der Waals surface area contributed by atoms with Crippen molar-refractivity contribution in [1.82, 2.24) is 9.88 Å². The molecule has 15 heteroatoms. The van der Waals surface area contributed by atoms with Crippen molar-refractivity contribution < 1.29 is 35.9 Å². The Morgan fingerprint density at radius 3 is 2.32 bits per heavy atom. The van der Waals surface area contributed by atoms with Gasteiger partial charge in [-0.15, -0.1) is 11.3 Å². The van der Waals surface area contributed by atoms with Crippen LogP contribution in [0.25, 0.3) is 0 Å². The van der Waals surface area contributed by atoms with E-state index >= 15 is 0 Å². The van der Waals surface area contributed by atoms with E-state index in [4.69, 9.17) is 21.5 Å². The van der Waals surface area contributed by atoms with Crippen molar-refractivity contribution >= 4 is 50.4 Å². The van der Waals surface area contributed by atoms with Gasteiger partial charge in [-0.25, -0.2) is 18.2 Å². The highest BCUT2D eigenvalue weighted by atomic mass is 35.5. The second-order valence-electron chi connectivity index (χ2n) is 9.86. The normalized spacial score (nSPS) is 20.7. The minimum Gasteiger partial charge on any atom is -0.475 e. The molecule has 8 nitrogen and oxygen atoms in total. The molecule has 3 atom stereocenters. The first kappa shape index (κ1) is 31.0. The highest BCUT2D eigenvalue weighted by Gasteiger charge is 2.44. The van der Waals surface area contributed by atoms with Gasteiger partial charge in [-0.2, -0.15) is 17.6 Å². The van der Waals surface area contributed by atoms with E-state index in [0.717, 1.165) is 55.6 Å². The molecule has 1 aliphatic heterocycles. The summed E-state index contributed by atoms with van der Waals surface area (Å²) in [7, 11) is -1.92. The third-order valence-corrected chi connectivity index (χ3v) is 10.2. The molecule has 222 valence electrons. The third-order valence-electron chi connectivity index (χ3n) is 7.04. The van der Waals surface area contributed by atoms with Gasteiger partial charge in [0.2, 0.25) is 5.95 Å². The molecule has 0 spiro atoms. The van der Waals surface area contributed by atoms with Gasteiger partial charge in [0.05, 0.1) is 5.69 Å². The fourth-order valence-corrected chi connectivity index (χ4v) is 8.22. The third kappa shape index (κ3) is 7.67. The molecular formula is C26H27ClF4N4O4S2. The van der Waals surface area contributed by atoms with Crippen LogP contribution in [0.1, 0.15) is 18.4 Å². The van der Waals surface area contributed by atoms with Crippen LogP contribution in [0.5, 0.6) is 0 Å². The summed E-state index contributed by atoms with van der Waals surface area (Å²) >= 11 is 7.55. The van der Waals surface area contributed by atoms with Crippen LogP contribution in [0.4, 0.5) is 29.1 Å². The average molecular weight is 635 g/mol. The Morgan fingerprint density at radius 2 is 1.76 bits per heavy atom. The number of hydrogen-bond donors (Lipinski definition) is 2. The maximum atomic E-state index is 13.4. The Balaban J connectivity index is 0.000000493. The first-order valence-electron chi connectivity index (χ1n) is 12.5. The summed E-state index contributed by atoms with van der Waals surface area (Å²) < 4.78 is 73.7. The van der Waals surface area contributed by atoms with Gasteiger partial charge < -0.3 is 10.0 Å². The van der Waals surface area contributed by atoms with E-state index in [9.17, 15) is 26.0 Å². The molecule has 3 aromatic rings. The van der Waals surface area contributed by atoms with E-state index in [1.54, 1.807) is 6.07 Å². The molecule has 0 amide bonds. The maximum absolute atomic E-state index is 13.4. The molecule has 0 radical (unpaired) electrons. The number of carbonyl (C=O) groups is 1. The summed E-state index contributed by atoms with van der Waals surface area (Å²) in [5.74, 6) is -2.58. The molecule has 2 fully saturated rings. The van der Waals surface area contributed by atoms with Crippen molar-refractivity contribution in [1.29, 1.82) is 0 Å². The van der Waals surface area contributed by atoms with Crippen LogP contribution in [0.3, 0.4) is 0 Å². The maximum Gasteiger partial charge on any atom is 0.490 e. The number of benzene rings is 1. The molecule has 2 N–H and O–H groups in total. The van der Waals surface area contributed by atoms with Crippen LogP contribution in [0, 0.1) is 17.8 Å². The summed E-state index contributed by atoms with van der Waals surface area (Å²) in [5, 5.41) is 7.12. The van der Waals surface area contributed by atoms with Crippen LogP contribution in [-0.4, -0.2) is 61.7 Å². The highest BCUT2D eigenvalue weighted by molar-refractivity contribution is 7.94. The molecule has 2 aliphatic rings. The molecule has 3 heterocycles. The summed E-state index contributed by atoms with van der Waals surface area (Å²) in [5.41, 5.74) is 2.04. The highest BCUT2D eigenvalue weighted by Crippen LogP contribution is 2.45. The van der Waals surface area contributed by atoms with Gasteiger partial charge in [0.25, 0.3) is 10.0 Å². The number of aromatic nitrogens is 1. The first-order valence-corrected chi connectivity index (χ1v) is 15.2. The zero-order valence-corrected chi connectivity index (χ0v) is 24.1. The van der Waals surface area contributed by atoms with E-state index in [2.05, 4.69) is 43.8 Å². The van der Waals surface area contributed by atoms with Gasteiger partial charge in [-0.1, -0.05) is 48.0 Å². The van der Waals surface area contributed by atoms with E-state index in [-0.39, 0.29) is 10.0 Å². The second-order valence-corrected chi connectivity index (χ2v) is 13.4. The number of aliphatic carboxylic acids is 1. The average Bonchev–Trinajstić information content (AvgIpc) is 3.41. The Kier molecular flexibility index (Phi) is 9.46. The number of likely N-dealkylation sites (tertiary alicyclic amines) is 1. The summed E-state index contributed by atoms with van der Waals surface area (Å²) in [6.45, 7) is 2.98. The molecule has 2 aromatic heterocycles. The van der Waals surface area contributed by atoms with Gasteiger partial charge in [0.15, 0.2) is 0 Å². The largest absolute Gasteiger partial charge is 0.490 e. The summed E-state index contributed by atoms with van der Waals surface area (Å²) in [6.07, 6.45) is -2.77. The van der Waals surface area contributed by atoms with Crippen LogP contribution < -0.4 is 9.62 Å². The molecule has 1 aliphatic carbocycles. The molecular weight excluding hydrogens is 608 g/mol. The lowest BCUT2D eigenvalue weighted by Gasteiger charge is -2.43. The number of carboxylic acid groups (broad SMARTS) is 1. The van der Waals surface area contributed by atoms with Gasteiger partial charge in [-0.05, 0) is 48.4 Å². The summed E-state index contributed by atoms with van der Waals surface area (Å²) in [6, 6.07) is 16.4. The van der Waals surface area contributed by atoms with Crippen LogP contribution in [0.2, 0.25) is 4.34 Å². The monoisotopic (exact) mass is 634 g/mol. The number of fused-ring (bicyclic) bond motifs is 2. The number of nitrogens with zero attached hydrogens (tertiary/aromatic N) is 3. The molecule has 5 rings (SSSR count).